The molecule has 0 bridgehead atoms. The second kappa shape index (κ2) is 5.06. The third-order valence-electron chi connectivity index (χ3n) is 3.95. The van der Waals surface area contributed by atoms with E-state index in [4.69, 9.17) is 12.2 Å². The van der Waals surface area contributed by atoms with Crippen LogP contribution in [0, 0.1) is 18.6 Å². The van der Waals surface area contributed by atoms with Crippen LogP contribution in [0.25, 0.3) is 10.2 Å². The van der Waals surface area contributed by atoms with Gasteiger partial charge in [-0.3, -0.25) is 14.2 Å². The zero-order valence-electron chi connectivity index (χ0n) is 12.1. The maximum atomic E-state index is 12.7. The SMILES string of the molecule is Cc1sc2[nH]c(=S)n(C(C)C(=O)NC3CC3)c(=O)c2c1C. The molecule has 0 saturated heterocycles. The molecule has 1 aliphatic rings. The van der Waals surface area contributed by atoms with Crippen molar-refractivity contribution >= 4 is 39.7 Å². The minimum absolute atomic E-state index is 0.150. The van der Waals surface area contributed by atoms with Crippen LogP contribution in [0.1, 0.15) is 36.2 Å². The number of aromatic nitrogens is 2. The second-order valence-electron chi connectivity index (χ2n) is 5.55. The molecule has 0 spiro atoms. The van der Waals surface area contributed by atoms with E-state index in [-0.39, 0.29) is 17.5 Å². The Morgan fingerprint density at radius 3 is 2.76 bits per heavy atom. The molecular weight excluding hydrogens is 306 g/mol. The molecule has 2 N–H and O–H groups in total. The summed E-state index contributed by atoms with van der Waals surface area (Å²) in [7, 11) is 0. The molecule has 2 heterocycles. The van der Waals surface area contributed by atoms with E-state index in [0.29, 0.717) is 10.2 Å². The van der Waals surface area contributed by atoms with E-state index in [9.17, 15) is 9.59 Å². The Hall–Kier alpha value is -1.47. The van der Waals surface area contributed by atoms with Gasteiger partial charge in [0.25, 0.3) is 5.56 Å². The molecule has 1 unspecified atom stereocenters. The molecule has 7 heteroatoms. The summed E-state index contributed by atoms with van der Waals surface area (Å²) in [4.78, 5) is 29.9. The van der Waals surface area contributed by atoms with Gasteiger partial charge >= 0.3 is 0 Å². The van der Waals surface area contributed by atoms with E-state index in [1.54, 1.807) is 6.92 Å². The number of carbonyl (C=O) groups is 1. The van der Waals surface area contributed by atoms with Gasteiger partial charge in [-0.15, -0.1) is 11.3 Å². The van der Waals surface area contributed by atoms with Gasteiger partial charge in [0.2, 0.25) is 5.91 Å². The summed E-state index contributed by atoms with van der Waals surface area (Å²) >= 11 is 6.80. The number of fused-ring (bicyclic) bond motifs is 1. The second-order valence-corrected chi connectivity index (χ2v) is 7.16. The minimum Gasteiger partial charge on any atom is -0.352 e. The Morgan fingerprint density at radius 2 is 2.14 bits per heavy atom. The Morgan fingerprint density at radius 1 is 1.48 bits per heavy atom. The predicted octanol–water partition coefficient (Wildman–Crippen LogP) is 2.58. The van der Waals surface area contributed by atoms with Crippen LogP contribution in [-0.2, 0) is 4.79 Å². The largest absolute Gasteiger partial charge is 0.352 e. The molecule has 1 fully saturated rings. The van der Waals surface area contributed by atoms with Gasteiger partial charge < -0.3 is 10.3 Å². The minimum atomic E-state index is -0.606. The first-order valence-electron chi connectivity index (χ1n) is 6.95. The zero-order valence-corrected chi connectivity index (χ0v) is 13.8. The van der Waals surface area contributed by atoms with Crippen molar-refractivity contribution in [3.05, 3.63) is 25.6 Å². The van der Waals surface area contributed by atoms with E-state index in [1.165, 1.54) is 15.9 Å². The van der Waals surface area contributed by atoms with Gasteiger partial charge in [0.1, 0.15) is 10.9 Å². The Balaban J connectivity index is 2.13. The third kappa shape index (κ3) is 2.44. The Labute approximate surface area is 131 Å². The molecule has 1 amide bonds. The van der Waals surface area contributed by atoms with Gasteiger partial charge in [-0.1, -0.05) is 0 Å². The van der Waals surface area contributed by atoms with Gasteiger partial charge in [0, 0.05) is 10.9 Å². The normalized spacial score (nSPS) is 16.1. The summed E-state index contributed by atoms with van der Waals surface area (Å²) in [5, 5.41) is 3.55. The molecule has 1 atom stereocenters. The molecule has 21 heavy (non-hydrogen) atoms. The lowest BCUT2D eigenvalue weighted by atomic mass is 10.2. The molecule has 1 saturated carbocycles. The number of aromatic amines is 1. The number of nitrogens with one attached hydrogen (secondary N) is 2. The van der Waals surface area contributed by atoms with Crippen LogP contribution in [0.4, 0.5) is 0 Å². The highest BCUT2D eigenvalue weighted by atomic mass is 32.1. The topological polar surface area (TPSA) is 66.9 Å². The van der Waals surface area contributed by atoms with E-state index >= 15 is 0 Å². The molecule has 5 nitrogen and oxygen atoms in total. The average Bonchev–Trinajstić information content (AvgIpc) is 3.16. The quantitative estimate of drug-likeness (QED) is 0.853. The van der Waals surface area contributed by atoms with Crippen LogP contribution in [-0.4, -0.2) is 21.5 Å². The number of amides is 1. The first-order chi connectivity index (χ1) is 9.90. The maximum Gasteiger partial charge on any atom is 0.264 e. The lowest BCUT2D eigenvalue weighted by molar-refractivity contribution is -0.124. The molecule has 0 aromatic carbocycles. The lowest BCUT2D eigenvalue weighted by Gasteiger charge is -2.15. The number of thiophene rings is 1. The lowest BCUT2D eigenvalue weighted by Crippen LogP contribution is -2.37. The summed E-state index contributed by atoms with van der Waals surface area (Å²) in [6.07, 6.45) is 2.03. The zero-order chi connectivity index (χ0) is 15.3. The molecule has 3 rings (SSSR count). The molecule has 1 aliphatic carbocycles. The molecule has 112 valence electrons. The van der Waals surface area contributed by atoms with E-state index in [1.807, 2.05) is 13.8 Å². The number of carbonyl (C=O) groups excluding carboxylic acids is 1. The number of aryl methyl sites for hydroxylation is 2. The molecule has 0 radical (unpaired) electrons. The summed E-state index contributed by atoms with van der Waals surface area (Å²) in [6.45, 7) is 5.61. The predicted molar refractivity (Wildman–Crippen MR) is 86.6 cm³/mol. The number of rotatable bonds is 3. The maximum absolute atomic E-state index is 12.7. The van der Waals surface area contributed by atoms with Crippen molar-refractivity contribution < 1.29 is 4.79 Å². The van der Waals surface area contributed by atoms with E-state index < -0.39 is 6.04 Å². The molecule has 2 aromatic heterocycles. The van der Waals surface area contributed by atoms with Crippen molar-refractivity contribution in [3.63, 3.8) is 0 Å². The van der Waals surface area contributed by atoms with Crippen molar-refractivity contribution in [2.45, 2.75) is 45.7 Å². The fraction of sp³-hybridized carbons (Fsp3) is 0.500. The summed E-state index contributed by atoms with van der Waals surface area (Å²) in [6, 6.07) is -0.340. The fourth-order valence-electron chi connectivity index (χ4n) is 2.36. The van der Waals surface area contributed by atoms with Crippen LogP contribution < -0.4 is 10.9 Å². The highest BCUT2D eigenvalue weighted by Gasteiger charge is 2.27. The van der Waals surface area contributed by atoms with Crippen LogP contribution >= 0.6 is 23.6 Å². The highest BCUT2D eigenvalue weighted by Crippen LogP contribution is 2.26. The van der Waals surface area contributed by atoms with Crippen molar-refractivity contribution in [2.75, 3.05) is 0 Å². The van der Waals surface area contributed by atoms with E-state index in [0.717, 1.165) is 28.1 Å². The summed E-state index contributed by atoms with van der Waals surface area (Å²) in [5.74, 6) is -0.150. The first-order valence-corrected chi connectivity index (χ1v) is 8.17. The van der Waals surface area contributed by atoms with Crippen molar-refractivity contribution in [1.82, 2.24) is 14.9 Å². The van der Waals surface area contributed by atoms with Gasteiger partial charge in [-0.25, -0.2) is 0 Å². The third-order valence-corrected chi connectivity index (χ3v) is 5.37. The first kappa shape index (κ1) is 14.5. The number of nitrogens with zero attached hydrogens (tertiary/aromatic N) is 1. The fourth-order valence-corrected chi connectivity index (χ4v) is 3.82. The number of H-pyrrole nitrogens is 1. The van der Waals surface area contributed by atoms with Gasteiger partial charge in [0.05, 0.1) is 5.39 Å². The van der Waals surface area contributed by atoms with Gasteiger partial charge in [-0.2, -0.15) is 0 Å². The van der Waals surface area contributed by atoms with Crippen LogP contribution in [0.3, 0.4) is 0 Å². The average molecular weight is 323 g/mol. The van der Waals surface area contributed by atoms with Crippen molar-refractivity contribution in [3.8, 4) is 0 Å². The van der Waals surface area contributed by atoms with Gasteiger partial charge in [0.15, 0.2) is 4.77 Å². The van der Waals surface area contributed by atoms with Gasteiger partial charge in [-0.05, 0) is 51.4 Å². The number of hydrogen-bond acceptors (Lipinski definition) is 4. The summed E-state index contributed by atoms with van der Waals surface area (Å²) in [5.41, 5.74) is 0.767. The van der Waals surface area contributed by atoms with Crippen molar-refractivity contribution in [1.29, 1.82) is 0 Å². The van der Waals surface area contributed by atoms with Crippen LogP contribution in [0.2, 0.25) is 0 Å². The summed E-state index contributed by atoms with van der Waals surface area (Å²) < 4.78 is 1.68. The molecule has 2 aromatic rings. The smallest absolute Gasteiger partial charge is 0.264 e. The van der Waals surface area contributed by atoms with Crippen LogP contribution in [0.15, 0.2) is 4.79 Å². The monoisotopic (exact) mass is 323 g/mol. The standard InChI is InChI=1S/C14H17N3O2S2/c1-6-8(3)21-12-10(6)13(19)17(14(20)16-12)7(2)11(18)15-9-4-5-9/h7,9H,4-5H2,1-3H3,(H,15,18)(H,16,20). The Bertz CT molecular complexity index is 842. The van der Waals surface area contributed by atoms with E-state index in [2.05, 4.69) is 10.3 Å². The van der Waals surface area contributed by atoms with Crippen molar-refractivity contribution in [2.24, 2.45) is 0 Å². The molecule has 0 aliphatic heterocycles. The highest BCUT2D eigenvalue weighted by molar-refractivity contribution is 7.71. The Kier molecular flexibility index (Phi) is 3.49. The molecular formula is C14H17N3O2S2. The number of hydrogen-bond donors (Lipinski definition) is 2. The van der Waals surface area contributed by atoms with Crippen LogP contribution in [0.5, 0.6) is 0 Å².